The third-order valence-corrected chi connectivity index (χ3v) is 4.40. The van der Waals surface area contributed by atoms with E-state index >= 15 is 0 Å². The van der Waals surface area contributed by atoms with Gasteiger partial charge in [0.25, 0.3) is 0 Å². The summed E-state index contributed by atoms with van der Waals surface area (Å²) in [6.07, 6.45) is 3.62. The summed E-state index contributed by atoms with van der Waals surface area (Å²) in [5.74, 6) is 0.164. The number of benzene rings is 1. The highest BCUT2D eigenvalue weighted by molar-refractivity contribution is 5.85. The molecule has 2 atom stereocenters. The van der Waals surface area contributed by atoms with Crippen molar-refractivity contribution in [3.05, 3.63) is 53.9 Å². The largest absolute Gasteiger partial charge is 0.336 e. The predicted octanol–water partition coefficient (Wildman–Crippen LogP) is 2.26. The molecule has 1 aliphatic heterocycles. The van der Waals surface area contributed by atoms with Gasteiger partial charge in [0.05, 0.1) is 5.92 Å². The first kappa shape index (κ1) is 18.4. The smallest absolute Gasteiger partial charge is 0.230 e. The molecule has 0 saturated carbocycles. The number of carbonyl (C=O) groups excluding carboxylic acids is 1. The number of rotatable bonds is 3. The Bertz CT molecular complexity index is 705. The molecule has 1 saturated heterocycles. The first-order valence-electron chi connectivity index (χ1n) is 7.82. The van der Waals surface area contributed by atoms with Crippen LogP contribution in [0.15, 0.2) is 36.7 Å². The van der Waals surface area contributed by atoms with Gasteiger partial charge < -0.3 is 14.8 Å². The van der Waals surface area contributed by atoms with Crippen LogP contribution in [0.2, 0.25) is 0 Å². The molecular weight excluding hydrogens is 331 g/mol. The second-order valence-corrected chi connectivity index (χ2v) is 5.92. The molecule has 1 N–H and O–H groups in total. The fourth-order valence-electron chi connectivity index (χ4n) is 3.06. The Hall–Kier alpha value is -1.92. The number of imidazole rings is 1. The zero-order valence-electron chi connectivity index (χ0n) is 13.8. The molecule has 0 aliphatic carbocycles. The Kier molecular flexibility index (Phi) is 5.96. The van der Waals surface area contributed by atoms with Gasteiger partial charge in [-0.05, 0) is 24.6 Å². The summed E-state index contributed by atoms with van der Waals surface area (Å²) >= 11 is 0. The summed E-state index contributed by atoms with van der Waals surface area (Å²) in [6.45, 7) is 3.87. The third-order valence-electron chi connectivity index (χ3n) is 4.40. The normalized spacial score (nSPS) is 18.8. The molecule has 2 unspecified atom stereocenters. The van der Waals surface area contributed by atoms with Crippen LogP contribution in [0.1, 0.15) is 30.3 Å². The van der Waals surface area contributed by atoms with E-state index in [1.807, 2.05) is 29.6 Å². The molecule has 1 amide bonds. The second-order valence-electron chi connectivity index (χ2n) is 5.92. The zero-order chi connectivity index (χ0) is 16.4. The summed E-state index contributed by atoms with van der Waals surface area (Å²) in [7, 11) is 1.93. The third kappa shape index (κ3) is 3.60. The van der Waals surface area contributed by atoms with Crippen LogP contribution in [-0.2, 0) is 11.8 Å². The first-order valence-corrected chi connectivity index (χ1v) is 7.82. The standard InChI is InChI=1S/C17H21FN4O.ClH/c1-12(13-4-3-5-14(18)10-13)17(23)22-9-6-19-11-15(22)16-20-7-8-21(16)2;/h3-5,7-8,10,12,15,19H,6,9,11H2,1-2H3;1H. The van der Waals surface area contributed by atoms with Gasteiger partial charge in [0.2, 0.25) is 5.91 Å². The zero-order valence-corrected chi connectivity index (χ0v) is 14.6. The number of piperazine rings is 1. The molecule has 130 valence electrons. The van der Waals surface area contributed by atoms with Crippen molar-refractivity contribution < 1.29 is 9.18 Å². The van der Waals surface area contributed by atoms with Crippen LogP contribution in [0.3, 0.4) is 0 Å². The minimum Gasteiger partial charge on any atom is -0.336 e. The summed E-state index contributed by atoms with van der Waals surface area (Å²) in [5.41, 5.74) is 0.701. The van der Waals surface area contributed by atoms with E-state index in [1.54, 1.807) is 18.3 Å². The highest BCUT2D eigenvalue weighted by atomic mass is 35.5. The summed E-state index contributed by atoms with van der Waals surface area (Å²) < 4.78 is 15.4. The lowest BCUT2D eigenvalue weighted by Gasteiger charge is -2.37. The van der Waals surface area contributed by atoms with Crippen LogP contribution in [0.25, 0.3) is 0 Å². The molecule has 7 heteroatoms. The van der Waals surface area contributed by atoms with Crippen molar-refractivity contribution in [2.24, 2.45) is 7.05 Å². The molecule has 1 fully saturated rings. The Morgan fingerprint density at radius 2 is 2.25 bits per heavy atom. The van der Waals surface area contributed by atoms with Gasteiger partial charge in [0.15, 0.2) is 0 Å². The van der Waals surface area contributed by atoms with E-state index in [0.29, 0.717) is 18.7 Å². The number of nitrogens with one attached hydrogen (secondary N) is 1. The number of hydrogen-bond donors (Lipinski definition) is 1. The number of hydrogen-bond acceptors (Lipinski definition) is 3. The van der Waals surface area contributed by atoms with Gasteiger partial charge in [-0.2, -0.15) is 0 Å². The SMILES string of the molecule is CC(C(=O)N1CCNCC1c1nccn1C)c1cccc(F)c1.Cl. The molecule has 24 heavy (non-hydrogen) atoms. The maximum atomic E-state index is 13.4. The monoisotopic (exact) mass is 352 g/mol. The van der Waals surface area contributed by atoms with Crippen molar-refractivity contribution in [2.45, 2.75) is 18.9 Å². The van der Waals surface area contributed by atoms with Crippen molar-refractivity contribution in [3.8, 4) is 0 Å². The fraction of sp³-hybridized carbons (Fsp3) is 0.412. The average molecular weight is 353 g/mol. The molecule has 0 spiro atoms. The number of aromatic nitrogens is 2. The lowest BCUT2D eigenvalue weighted by Crippen LogP contribution is -2.50. The highest BCUT2D eigenvalue weighted by Crippen LogP contribution is 2.26. The van der Waals surface area contributed by atoms with Gasteiger partial charge >= 0.3 is 0 Å². The van der Waals surface area contributed by atoms with E-state index in [2.05, 4.69) is 10.3 Å². The van der Waals surface area contributed by atoms with E-state index in [-0.39, 0.29) is 36.1 Å². The van der Waals surface area contributed by atoms with E-state index < -0.39 is 0 Å². The van der Waals surface area contributed by atoms with Gasteiger partial charge in [-0.1, -0.05) is 12.1 Å². The number of amides is 1. The Balaban J connectivity index is 0.00000208. The van der Waals surface area contributed by atoms with Gasteiger partial charge in [-0.15, -0.1) is 12.4 Å². The number of halogens is 2. The van der Waals surface area contributed by atoms with Crippen LogP contribution in [0.4, 0.5) is 4.39 Å². The summed E-state index contributed by atoms with van der Waals surface area (Å²) in [6, 6.07) is 6.15. The van der Waals surface area contributed by atoms with Gasteiger partial charge in [0.1, 0.15) is 17.7 Å². The average Bonchev–Trinajstić information content (AvgIpc) is 2.99. The van der Waals surface area contributed by atoms with E-state index in [9.17, 15) is 9.18 Å². The minimum atomic E-state index is -0.383. The first-order chi connectivity index (χ1) is 11.1. The maximum absolute atomic E-state index is 13.4. The minimum absolute atomic E-state index is 0. The van der Waals surface area contributed by atoms with Crippen LogP contribution >= 0.6 is 12.4 Å². The van der Waals surface area contributed by atoms with Gasteiger partial charge in [-0.3, -0.25) is 4.79 Å². The lowest BCUT2D eigenvalue weighted by molar-refractivity contribution is -0.136. The molecule has 0 bridgehead atoms. The van der Waals surface area contributed by atoms with Crippen molar-refractivity contribution in [1.29, 1.82) is 0 Å². The van der Waals surface area contributed by atoms with E-state index in [1.165, 1.54) is 12.1 Å². The summed E-state index contributed by atoms with van der Waals surface area (Å²) in [4.78, 5) is 19.2. The lowest BCUT2D eigenvalue weighted by atomic mass is 9.98. The highest BCUT2D eigenvalue weighted by Gasteiger charge is 2.33. The van der Waals surface area contributed by atoms with Crippen molar-refractivity contribution >= 4 is 18.3 Å². The van der Waals surface area contributed by atoms with Gasteiger partial charge in [-0.25, -0.2) is 9.37 Å². The molecule has 1 aromatic heterocycles. The van der Waals surface area contributed by atoms with Crippen LogP contribution in [-0.4, -0.2) is 40.0 Å². The Morgan fingerprint density at radius 1 is 1.46 bits per heavy atom. The molecule has 3 rings (SSSR count). The Labute approximate surface area is 147 Å². The van der Waals surface area contributed by atoms with E-state index in [4.69, 9.17) is 0 Å². The maximum Gasteiger partial charge on any atom is 0.230 e. The van der Waals surface area contributed by atoms with Crippen LogP contribution in [0.5, 0.6) is 0 Å². The molecule has 0 radical (unpaired) electrons. The molecule has 1 aliphatic rings. The topological polar surface area (TPSA) is 50.2 Å². The number of nitrogens with zero attached hydrogens (tertiary/aromatic N) is 3. The molecule has 2 aromatic rings. The van der Waals surface area contributed by atoms with Crippen LogP contribution < -0.4 is 5.32 Å². The fourth-order valence-corrected chi connectivity index (χ4v) is 3.06. The quantitative estimate of drug-likeness (QED) is 0.921. The molecular formula is C17H22ClFN4O. The number of carbonyl (C=O) groups is 1. The van der Waals surface area contributed by atoms with Crippen molar-refractivity contribution in [1.82, 2.24) is 19.8 Å². The van der Waals surface area contributed by atoms with Gasteiger partial charge in [0, 0.05) is 39.1 Å². The summed E-state index contributed by atoms with van der Waals surface area (Å²) in [5, 5.41) is 3.32. The molecule has 2 heterocycles. The van der Waals surface area contributed by atoms with E-state index in [0.717, 1.165) is 12.4 Å². The van der Waals surface area contributed by atoms with Crippen molar-refractivity contribution in [2.75, 3.05) is 19.6 Å². The second kappa shape index (κ2) is 7.77. The van der Waals surface area contributed by atoms with Crippen molar-refractivity contribution in [3.63, 3.8) is 0 Å². The van der Waals surface area contributed by atoms with Crippen LogP contribution in [0, 0.1) is 5.82 Å². The number of aryl methyl sites for hydroxylation is 1. The predicted molar refractivity (Wildman–Crippen MR) is 92.6 cm³/mol. The Morgan fingerprint density at radius 3 is 2.92 bits per heavy atom. The molecule has 1 aromatic carbocycles. The molecule has 5 nitrogen and oxygen atoms in total.